The van der Waals surface area contributed by atoms with Crippen molar-refractivity contribution in [2.24, 2.45) is 5.92 Å². The van der Waals surface area contributed by atoms with Crippen LogP contribution >= 0.6 is 0 Å². The van der Waals surface area contributed by atoms with E-state index in [0.29, 0.717) is 19.4 Å². The lowest BCUT2D eigenvalue weighted by Gasteiger charge is -2.34. The standard InChI is InChI=1S/C17H26N2O4S/c1-13(15-9-5-6-10-16(15)23-3)18(2)17(20)14-8-7-11-19(12-14)24(4,21)22/h5-6,9-10,13-14H,7-8,11-12H2,1-4H3/t13-,14-/m1/s1. The molecule has 134 valence electrons. The van der Waals surface area contributed by atoms with Gasteiger partial charge < -0.3 is 9.64 Å². The number of carbonyl (C=O) groups excluding carboxylic acids is 1. The van der Waals surface area contributed by atoms with Crippen LogP contribution in [0.3, 0.4) is 0 Å². The molecular weight excluding hydrogens is 328 g/mol. The zero-order valence-corrected chi connectivity index (χ0v) is 15.5. The Bertz CT molecular complexity index is 690. The Balaban J connectivity index is 2.14. The van der Waals surface area contributed by atoms with Gasteiger partial charge in [0.15, 0.2) is 0 Å². The van der Waals surface area contributed by atoms with Gasteiger partial charge in [0.2, 0.25) is 15.9 Å². The Morgan fingerprint density at radius 2 is 2.04 bits per heavy atom. The van der Waals surface area contributed by atoms with Crippen molar-refractivity contribution in [1.82, 2.24) is 9.21 Å². The van der Waals surface area contributed by atoms with E-state index in [2.05, 4.69) is 0 Å². The quantitative estimate of drug-likeness (QED) is 0.810. The lowest BCUT2D eigenvalue weighted by atomic mass is 9.96. The molecule has 1 aliphatic heterocycles. The SMILES string of the molecule is COc1ccccc1[C@@H](C)N(C)C(=O)[C@@H]1CCCN(S(C)(=O)=O)C1. The molecule has 0 unspecified atom stereocenters. The van der Waals surface area contributed by atoms with Gasteiger partial charge in [0.05, 0.1) is 25.3 Å². The second kappa shape index (κ2) is 7.53. The molecule has 0 bridgehead atoms. The van der Waals surface area contributed by atoms with Gasteiger partial charge in [0.25, 0.3) is 0 Å². The molecule has 1 amide bonds. The summed E-state index contributed by atoms with van der Waals surface area (Å²) in [5, 5.41) is 0. The predicted molar refractivity (Wildman–Crippen MR) is 93.3 cm³/mol. The van der Waals surface area contributed by atoms with Gasteiger partial charge in [-0.15, -0.1) is 0 Å². The molecule has 0 aromatic heterocycles. The van der Waals surface area contributed by atoms with E-state index in [1.54, 1.807) is 19.1 Å². The fourth-order valence-electron chi connectivity index (χ4n) is 3.14. The maximum Gasteiger partial charge on any atom is 0.227 e. The normalized spacial score (nSPS) is 20.4. The first-order chi connectivity index (χ1) is 11.3. The number of methoxy groups -OCH3 is 1. The summed E-state index contributed by atoms with van der Waals surface area (Å²) in [4.78, 5) is 14.5. The van der Waals surface area contributed by atoms with Crippen LogP contribution in [0.5, 0.6) is 5.75 Å². The van der Waals surface area contributed by atoms with E-state index < -0.39 is 10.0 Å². The number of ether oxygens (including phenoxy) is 1. The van der Waals surface area contributed by atoms with Crippen molar-refractivity contribution in [3.05, 3.63) is 29.8 Å². The predicted octanol–water partition coefficient (Wildman–Crippen LogP) is 1.89. The summed E-state index contributed by atoms with van der Waals surface area (Å²) in [6.07, 6.45) is 2.62. The topological polar surface area (TPSA) is 66.9 Å². The van der Waals surface area contributed by atoms with Gasteiger partial charge in [-0.05, 0) is 25.8 Å². The number of hydrogen-bond donors (Lipinski definition) is 0. The molecule has 1 heterocycles. The summed E-state index contributed by atoms with van der Waals surface area (Å²) >= 11 is 0. The third-order valence-corrected chi connectivity index (χ3v) is 5.99. The van der Waals surface area contributed by atoms with Crippen molar-refractivity contribution in [3.8, 4) is 5.75 Å². The molecular formula is C17H26N2O4S. The second-order valence-electron chi connectivity index (χ2n) is 6.33. The van der Waals surface area contributed by atoms with Crippen LogP contribution in [0.25, 0.3) is 0 Å². The lowest BCUT2D eigenvalue weighted by Crippen LogP contribution is -2.46. The van der Waals surface area contributed by atoms with Crippen LogP contribution in [-0.2, 0) is 14.8 Å². The third kappa shape index (κ3) is 4.08. The molecule has 1 aromatic carbocycles. The van der Waals surface area contributed by atoms with Crippen molar-refractivity contribution in [2.45, 2.75) is 25.8 Å². The van der Waals surface area contributed by atoms with Crippen LogP contribution in [-0.4, -0.2) is 57.0 Å². The van der Waals surface area contributed by atoms with Crippen molar-refractivity contribution in [1.29, 1.82) is 0 Å². The minimum absolute atomic E-state index is 0.0262. The molecule has 1 aliphatic rings. The van der Waals surface area contributed by atoms with Gasteiger partial charge in [-0.2, -0.15) is 0 Å². The molecule has 0 N–H and O–H groups in total. The maximum absolute atomic E-state index is 12.8. The Labute approximate surface area is 144 Å². The molecule has 0 radical (unpaired) electrons. The van der Waals surface area contributed by atoms with Crippen LogP contribution in [0, 0.1) is 5.92 Å². The number of amides is 1. The monoisotopic (exact) mass is 354 g/mol. The molecule has 1 aromatic rings. The Morgan fingerprint density at radius 1 is 1.38 bits per heavy atom. The third-order valence-electron chi connectivity index (χ3n) is 4.72. The summed E-state index contributed by atoms with van der Waals surface area (Å²) in [6.45, 7) is 2.71. The number of hydrogen-bond acceptors (Lipinski definition) is 4. The van der Waals surface area contributed by atoms with Gasteiger partial charge >= 0.3 is 0 Å². The largest absolute Gasteiger partial charge is 0.496 e. The van der Waals surface area contributed by atoms with Crippen LogP contribution in [0.2, 0.25) is 0 Å². The fourth-order valence-corrected chi connectivity index (χ4v) is 4.06. The zero-order valence-electron chi connectivity index (χ0n) is 14.7. The van der Waals surface area contributed by atoms with E-state index in [9.17, 15) is 13.2 Å². The average Bonchev–Trinajstić information content (AvgIpc) is 2.59. The number of para-hydroxylation sites is 1. The van der Waals surface area contributed by atoms with E-state index in [1.165, 1.54) is 10.6 Å². The second-order valence-corrected chi connectivity index (χ2v) is 8.31. The summed E-state index contributed by atoms with van der Waals surface area (Å²) in [5.41, 5.74) is 0.937. The van der Waals surface area contributed by atoms with Gasteiger partial charge in [-0.25, -0.2) is 12.7 Å². The van der Waals surface area contributed by atoms with Crippen molar-refractivity contribution < 1.29 is 17.9 Å². The zero-order chi connectivity index (χ0) is 17.9. The molecule has 1 saturated heterocycles. The van der Waals surface area contributed by atoms with E-state index >= 15 is 0 Å². The van der Waals surface area contributed by atoms with E-state index in [-0.39, 0.29) is 24.4 Å². The molecule has 24 heavy (non-hydrogen) atoms. The smallest absolute Gasteiger partial charge is 0.227 e. The summed E-state index contributed by atoms with van der Waals surface area (Å²) in [5.74, 6) is 0.420. The van der Waals surface area contributed by atoms with E-state index in [1.807, 2.05) is 31.2 Å². The number of sulfonamides is 1. The van der Waals surface area contributed by atoms with Gasteiger partial charge in [-0.3, -0.25) is 4.79 Å². The summed E-state index contributed by atoms with van der Waals surface area (Å²) in [7, 11) is 0.114. The maximum atomic E-state index is 12.8. The van der Waals surface area contributed by atoms with E-state index in [4.69, 9.17) is 4.74 Å². The molecule has 2 rings (SSSR count). The van der Waals surface area contributed by atoms with Crippen molar-refractivity contribution >= 4 is 15.9 Å². The Hall–Kier alpha value is -1.60. The van der Waals surface area contributed by atoms with Crippen LogP contribution in [0.15, 0.2) is 24.3 Å². The number of nitrogens with zero attached hydrogens (tertiary/aromatic N) is 2. The minimum Gasteiger partial charge on any atom is -0.496 e. The number of rotatable bonds is 5. The number of carbonyl (C=O) groups is 1. The summed E-state index contributed by atoms with van der Waals surface area (Å²) < 4.78 is 30.3. The molecule has 0 aliphatic carbocycles. The van der Waals surface area contributed by atoms with Crippen molar-refractivity contribution in [2.75, 3.05) is 33.5 Å². The van der Waals surface area contributed by atoms with Gasteiger partial charge in [0, 0.05) is 25.7 Å². The first-order valence-electron chi connectivity index (χ1n) is 8.10. The van der Waals surface area contributed by atoms with Gasteiger partial charge in [0.1, 0.15) is 5.75 Å². The fraction of sp³-hybridized carbons (Fsp3) is 0.588. The first-order valence-corrected chi connectivity index (χ1v) is 9.95. The van der Waals surface area contributed by atoms with E-state index in [0.717, 1.165) is 11.3 Å². The van der Waals surface area contributed by atoms with Crippen molar-refractivity contribution in [3.63, 3.8) is 0 Å². The highest BCUT2D eigenvalue weighted by Crippen LogP contribution is 2.30. The molecule has 7 heteroatoms. The highest BCUT2D eigenvalue weighted by atomic mass is 32.2. The molecule has 1 fully saturated rings. The summed E-state index contributed by atoms with van der Waals surface area (Å²) in [6, 6.07) is 7.47. The molecule has 2 atom stereocenters. The number of benzene rings is 1. The Morgan fingerprint density at radius 3 is 2.67 bits per heavy atom. The average molecular weight is 354 g/mol. The number of piperidine rings is 1. The Kier molecular flexibility index (Phi) is 5.87. The molecule has 0 spiro atoms. The van der Waals surface area contributed by atoms with Crippen LogP contribution in [0.4, 0.5) is 0 Å². The highest BCUT2D eigenvalue weighted by Gasteiger charge is 2.33. The van der Waals surface area contributed by atoms with Gasteiger partial charge in [-0.1, -0.05) is 18.2 Å². The molecule has 0 saturated carbocycles. The van der Waals surface area contributed by atoms with Crippen LogP contribution < -0.4 is 4.74 Å². The lowest BCUT2D eigenvalue weighted by molar-refractivity contribution is -0.137. The highest BCUT2D eigenvalue weighted by molar-refractivity contribution is 7.88. The molecule has 6 nitrogen and oxygen atoms in total. The first kappa shape index (κ1) is 18.7. The van der Waals surface area contributed by atoms with Crippen LogP contribution in [0.1, 0.15) is 31.4 Å². The minimum atomic E-state index is -3.26.